The number of aromatic hydroxyl groups is 1. The van der Waals surface area contributed by atoms with Crippen molar-refractivity contribution >= 4 is 0 Å². The van der Waals surface area contributed by atoms with Crippen molar-refractivity contribution in [3.8, 4) is 34.5 Å². The van der Waals surface area contributed by atoms with E-state index in [4.69, 9.17) is 4.52 Å². The Balaban J connectivity index is 1.91. The molecule has 0 fully saturated rings. The first-order valence-corrected chi connectivity index (χ1v) is 6.99. The first-order chi connectivity index (χ1) is 12.5. The monoisotopic (exact) mass is 391 g/mol. The van der Waals surface area contributed by atoms with E-state index in [1.807, 2.05) is 0 Å². The van der Waals surface area contributed by atoms with Gasteiger partial charge in [0, 0.05) is 6.20 Å². The summed E-state index contributed by atoms with van der Waals surface area (Å²) in [5.74, 6) is -1.71. The van der Waals surface area contributed by atoms with Gasteiger partial charge in [-0.05, 0) is 30.3 Å². The number of nitrogens with zero attached hydrogens (tertiary/aromatic N) is 3. The van der Waals surface area contributed by atoms with Gasteiger partial charge in [0.15, 0.2) is 0 Å². The van der Waals surface area contributed by atoms with Crippen LogP contribution in [0.3, 0.4) is 0 Å². The van der Waals surface area contributed by atoms with Gasteiger partial charge >= 0.3 is 12.5 Å². The maximum absolute atomic E-state index is 12.5. The molecular weight excluding hydrogens is 384 g/mol. The summed E-state index contributed by atoms with van der Waals surface area (Å²) < 4.78 is 83.1. The lowest BCUT2D eigenvalue weighted by molar-refractivity contribution is -0.274. The topological polar surface area (TPSA) is 81.3 Å². The molecule has 2 heterocycles. The Morgan fingerprint density at radius 2 is 1.74 bits per heavy atom. The molecule has 0 aliphatic heterocycles. The number of aromatic nitrogens is 3. The number of rotatable bonds is 3. The van der Waals surface area contributed by atoms with Gasteiger partial charge in [-0.1, -0.05) is 5.16 Å². The predicted molar refractivity (Wildman–Crippen MR) is 76.3 cm³/mol. The molecule has 1 N–H and O–H groups in total. The zero-order chi connectivity index (χ0) is 19.8. The molecule has 0 aliphatic carbocycles. The van der Waals surface area contributed by atoms with Crippen LogP contribution in [-0.2, 0) is 6.18 Å². The Hall–Kier alpha value is -3.31. The van der Waals surface area contributed by atoms with Crippen molar-refractivity contribution in [2.45, 2.75) is 12.5 Å². The molecule has 27 heavy (non-hydrogen) atoms. The number of alkyl halides is 6. The average Bonchev–Trinajstić information content (AvgIpc) is 3.04. The molecule has 0 amide bonds. The van der Waals surface area contributed by atoms with E-state index in [1.54, 1.807) is 0 Å². The second-order valence-electron chi connectivity index (χ2n) is 5.08. The molecule has 0 saturated heterocycles. The van der Waals surface area contributed by atoms with Gasteiger partial charge in [-0.2, -0.15) is 18.2 Å². The van der Waals surface area contributed by atoms with E-state index in [9.17, 15) is 31.4 Å². The molecule has 6 nitrogen and oxygen atoms in total. The molecule has 0 radical (unpaired) electrons. The van der Waals surface area contributed by atoms with Crippen LogP contribution in [-0.4, -0.2) is 26.6 Å². The van der Waals surface area contributed by atoms with Crippen molar-refractivity contribution in [1.82, 2.24) is 15.1 Å². The predicted octanol–water partition coefficient (Wildman–Crippen LogP) is 4.42. The summed E-state index contributed by atoms with van der Waals surface area (Å²) in [5.41, 5.74) is -1.31. The minimum absolute atomic E-state index is 0.0693. The summed E-state index contributed by atoms with van der Waals surface area (Å²) >= 11 is 0. The molecule has 3 aromatic rings. The van der Waals surface area contributed by atoms with Crippen molar-refractivity contribution < 1.29 is 40.7 Å². The van der Waals surface area contributed by atoms with Crippen LogP contribution in [0.5, 0.6) is 11.5 Å². The summed E-state index contributed by atoms with van der Waals surface area (Å²) in [6.45, 7) is 0. The molecule has 0 saturated carbocycles. The first-order valence-electron chi connectivity index (χ1n) is 6.99. The van der Waals surface area contributed by atoms with E-state index in [-0.39, 0.29) is 23.0 Å². The molecule has 1 aromatic carbocycles. The van der Waals surface area contributed by atoms with Gasteiger partial charge < -0.3 is 14.4 Å². The number of hydrogen-bond donors (Lipinski definition) is 1. The van der Waals surface area contributed by atoms with Gasteiger partial charge in [0.1, 0.15) is 17.2 Å². The minimum atomic E-state index is -4.95. The van der Waals surface area contributed by atoms with Crippen LogP contribution in [0, 0.1) is 0 Å². The Bertz CT molecular complexity index is 951. The van der Waals surface area contributed by atoms with Crippen LogP contribution in [0.4, 0.5) is 26.3 Å². The number of hydrogen-bond acceptors (Lipinski definition) is 6. The van der Waals surface area contributed by atoms with Crippen molar-refractivity contribution in [2.75, 3.05) is 0 Å². The van der Waals surface area contributed by atoms with Crippen molar-refractivity contribution in [2.24, 2.45) is 0 Å². The van der Waals surface area contributed by atoms with E-state index in [0.29, 0.717) is 6.20 Å². The van der Waals surface area contributed by atoms with Crippen molar-refractivity contribution in [3.63, 3.8) is 0 Å². The van der Waals surface area contributed by atoms with Crippen molar-refractivity contribution in [3.05, 3.63) is 42.1 Å². The number of ether oxygens (including phenoxy) is 1. The summed E-state index contributed by atoms with van der Waals surface area (Å²) in [5, 5.41) is 13.3. The van der Waals surface area contributed by atoms with Crippen LogP contribution in [0.25, 0.3) is 23.0 Å². The highest BCUT2D eigenvalue weighted by Crippen LogP contribution is 2.35. The van der Waals surface area contributed by atoms with Gasteiger partial charge in [-0.25, -0.2) is 0 Å². The SMILES string of the molecule is Oc1ccc(OC(F)(F)F)cc1-c1nc(-c2ccc(C(F)(F)F)cn2)no1. The van der Waals surface area contributed by atoms with Gasteiger partial charge in [0.2, 0.25) is 5.82 Å². The highest BCUT2D eigenvalue weighted by atomic mass is 19.4. The third-order valence-electron chi connectivity index (χ3n) is 3.18. The lowest BCUT2D eigenvalue weighted by atomic mass is 10.2. The van der Waals surface area contributed by atoms with Gasteiger partial charge in [0.25, 0.3) is 5.89 Å². The van der Waals surface area contributed by atoms with Crippen LogP contribution < -0.4 is 4.74 Å². The van der Waals surface area contributed by atoms with E-state index < -0.39 is 29.6 Å². The maximum Gasteiger partial charge on any atom is 0.573 e. The lowest BCUT2D eigenvalue weighted by Gasteiger charge is -2.09. The molecular formula is C15H7F6N3O3. The fourth-order valence-electron chi connectivity index (χ4n) is 2.01. The largest absolute Gasteiger partial charge is 0.573 e. The lowest BCUT2D eigenvalue weighted by Crippen LogP contribution is -2.17. The second-order valence-corrected chi connectivity index (χ2v) is 5.08. The smallest absolute Gasteiger partial charge is 0.507 e. The van der Waals surface area contributed by atoms with Crippen molar-refractivity contribution in [1.29, 1.82) is 0 Å². The normalized spacial score (nSPS) is 12.2. The first kappa shape index (κ1) is 18.5. The highest BCUT2D eigenvalue weighted by Gasteiger charge is 2.32. The van der Waals surface area contributed by atoms with E-state index in [0.717, 1.165) is 30.3 Å². The number of phenolic OH excluding ortho intramolecular Hbond substituents is 1. The maximum atomic E-state index is 12.5. The van der Waals surface area contributed by atoms with Crippen LogP contribution in [0.15, 0.2) is 41.1 Å². The summed E-state index contributed by atoms with van der Waals surface area (Å²) in [6.07, 6.45) is -8.95. The molecule has 3 rings (SSSR count). The Kier molecular flexibility index (Phi) is 4.41. The van der Waals surface area contributed by atoms with E-state index in [2.05, 4.69) is 19.9 Å². The van der Waals surface area contributed by atoms with E-state index in [1.165, 1.54) is 0 Å². The standard InChI is InChI=1S/C15H7F6N3O3/c16-14(17,18)7-1-3-10(22-6-7)12-23-13(27-24-12)9-5-8(2-4-11(9)25)26-15(19,20)21/h1-6,25H. The van der Waals surface area contributed by atoms with Crippen LogP contribution in [0.2, 0.25) is 0 Å². The zero-order valence-electron chi connectivity index (χ0n) is 12.8. The number of halogens is 6. The van der Waals surface area contributed by atoms with Gasteiger partial charge in [-0.15, -0.1) is 13.2 Å². The number of benzene rings is 1. The summed E-state index contributed by atoms with van der Waals surface area (Å²) in [4.78, 5) is 7.39. The molecule has 0 unspecified atom stereocenters. The molecule has 142 valence electrons. The molecule has 0 spiro atoms. The van der Waals surface area contributed by atoms with Crippen LogP contribution in [0.1, 0.15) is 5.56 Å². The number of phenols is 1. The second kappa shape index (κ2) is 6.45. The Labute approximate surface area is 146 Å². The van der Waals surface area contributed by atoms with Gasteiger partial charge in [0.05, 0.1) is 11.1 Å². The highest BCUT2D eigenvalue weighted by molar-refractivity contribution is 5.66. The quantitative estimate of drug-likeness (QED) is 0.666. The third kappa shape index (κ3) is 4.27. The molecule has 0 aliphatic rings. The minimum Gasteiger partial charge on any atom is -0.507 e. The fourth-order valence-corrected chi connectivity index (χ4v) is 2.01. The third-order valence-corrected chi connectivity index (χ3v) is 3.18. The Morgan fingerprint density at radius 1 is 1.00 bits per heavy atom. The molecule has 0 bridgehead atoms. The summed E-state index contributed by atoms with van der Waals surface area (Å²) in [6, 6.07) is 4.38. The van der Waals surface area contributed by atoms with Crippen LogP contribution >= 0.6 is 0 Å². The van der Waals surface area contributed by atoms with E-state index >= 15 is 0 Å². The zero-order valence-corrected chi connectivity index (χ0v) is 12.8. The molecule has 0 atom stereocenters. The Morgan fingerprint density at radius 3 is 2.33 bits per heavy atom. The average molecular weight is 391 g/mol. The summed E-state index contributed by atoms with van der Waals surface area (Å²) in [7, 11) is 0. The molecule has 2 aromatic heterocycles. The fraction of sp³-hybridized carbons (Fsp3) is 0.133. The van der Waals surface area contributed by atoms with Gasteiger partial charge in [-0.3, -0.25) is 4.98 Å². The number of pyridine rings is 1. The molecule has 12 heteroatoms.